The number of hydrogen-bond donors (Lipinski definition) is 1. The van der Waals surface area contributed by atoms with E-state index in [1.165, 1.54) is 0 Å². The molecule has 0 aliphatic carbocycles. The van der Waals surface area contributed by atoms with Crippen LogP contribution in [0.3, 0.4) is 0 Å². The van der Waals surface area contributed by atoms with Crippen LogP contribution in [0.15, 0.2) is 70.5 Å². The molecule has 156 valence electrons. The van der Waals surface area contributed by atoms with Gasteiger partial charge in [-0.25, -0.2) is 0 Å². The molecule has 2 aromatic heterocycles. The molecule has 4 aromatic rings. The average molecular weight is 410 g/mol. The van der Waals surface area contributed by atoms with E-state index in [0.29, 0.717) is 6.54 Å². The fraction of sp³-hybridized carbons (Fsp3) is 0.143. The minimum Gasteiger partial charge on any atom is -0.456 e. The molecule has 3 heteroatoms. The molecule has 4 rings (SSSR count). The molecule has 0 fully saturated rings. The molecule has 0 radical (unpaired) electrons. The summed E-state index contributed by atoms with van der Waals surface area (Å²) in [6.07, 6.45) is 11.6. The molecule has 0 saturated carbocycles. The molecule has 0 atom stereocenters. The van der Waals surface area contributed by atoms with Gasteiger partial charge in [-0.05, 0) is 61.4 Å². The lowest BCUT2D eigenvalue weighted by Crippen LogP contribution is -2.13. The van der Waals surface area contributed by atoms with Crippen LogP contribution >= 0.6 is 0 Å². The molecule has 0 aliphatic heterocycles. The number of allylic oxidation sites excluding steroid dienone is 2. The number of nitrogens with two attached hydrogens (primary N) is 1. The predicted molar refractivity (Wildman–Crippen MR) is 133 cm³/mol. The summed E-state index contributed by atoms with van der Waals surface area (Å²) in [5, 5.41) is 2.13. The summed E-state index contributed by atoms with van der Waals surface area (Å²) in [7, 11) is 0. The molecule has 0 unspecified atom stereocenters. The highest BCUT2D eigenvalue weighted by molar-refractivity contribution is 5.93. The maximum Gasteiger partial charge on any atom is 0.135 e. The molecule has 2 N–H and O–H groups in total. The summed E-state index contributed by atoms with van der Waals surface area (Å²) < 4.78 is 11.9. The van der Waals surface area contributed by atoms with E-state index in [1.807, 2.05) is 38.1 Å². The molecular weight excluding hydrogens is 382 g/mol. The van der Waals surface area contributed by atoms with Gasteiger partial charge in [0.1, 0.15) is 22.7 Å². The molecule has 0 spiro atoms. The van der Waals surface area contributed by atoms with Crippen LogP contribution < -0.4 is 5.73 Å². The van der Waals surface area contributed by atoms with Crippen LogP contribution in [0.4, 0.5) is 0 Å². The Balaban J connectivity index is 1.86. The van der Waals surface area contributed by atoms with Gasteiger partial charge >= 0.3 is 0 Å². The van der Waals surface area contributed by atoms with Crippen molar-refractivity contribution in [1.29, 1.82) is 0 Å². The van der Waals surface area contributed by atoms with E-state index in [9.17, 15) is 0 Å². The van der Waals surface area contributed by atoms with Crippen molar-refractivity contribution in [2.75, 3.05) is 6.54 Å². The molecule has 2 heterocycles. The minimum absolute atomic E-state index is 0.0508. The van der Waals surface area contributed by atoms with Gasteiger partial charge in [0.25, 0.3) is 0 Å². The zero-order valence-electron chi connectivity index (χ0n) is 18.0. The van der Waals surface area contributed by atoms with Gasteiger partial charge < -0.3 is 14.6 Å². The van der Waals surface area contributed by atoms with Crippen LogP contribution in [-0.4, -0.2) is 6.54 Å². The fourth-order valence-electron chi connectivity index (χ4n) is 4.19. The standard InChI is InChI=1S/C28H27NO2/c1-5-9-20-22-15-18(11-13-27(22)30-25(20)7-3)24(17-29)19-12-14-28-23(16-19)21(10-6-2)26(8-4)31-28/h5-16,24H,3-4,17,29H2,1-2H3/b9-5-,10-6-. The summed E-state index contributed by atoms with van der Waals surface area (Å²) in [5.74, 6) is 1.61. The third-order valence-electron chi connectivity index (χ3n) is 5.64. The maximum absolute atomic E-state index is 6.27. The highest BCUT2D eigenvalue weighted by atomic mass is 16.3. The van der Waals surface area contributed by atoms with E-state index in [0.717, 1.165) is 55.7 Å². The Morgan fingerprint density at radius 2 is 1.26 bits per heavy atom. The molecule has 2 aromatic carbocycles. The van der Waals surface area contributed by atoms with Crippen molar-refractivity contribution in [3.63, 3.8) is 0 Å². The predicted octanol–water partition coefficient (Wildman–Crippen LogP) is 7.62. The van der Waals surface area contributed by atoms with Crippen LogP contribution in [0.2, 0.25) is 0 Å². The lowest BCUT2D eigenvalue weighted by molar-refractivity contribution is 0.603. The lowest BCUT2D eigenvalue weighted by Gasteiger charge is -2.16. The topological polar surface area (TPSA) is 52.3 Å². The number of benzene rings is 2. The summed E-state index contributed by atoms with van der Waals surface area (Å²) in [5.41, 5.74) is 12.4. The third kappa shape index (κ3) is 3.58. The van der Waals surface area contributed by atoms with E-state index in [4.69, 9.17) is 14.6 Å². The molecule has 3 nitrogen and oxygen atoms in total. The second kappa shape index (κ2) is 8.66. The first kappa shape index (κ1) is 20.7. The number of hydrogen-bond acceptors (Lipinski definition) is 3. The summed E-state index contributed by atoms with van der Waals surface area (Å²) >= 11 is 0. The van der Waals surface area contributed by atoms with Gasteiger partial charge in [0.05, 0.1) is 0 Å². The van der Waals surface area contributed by atoms with E-state index < -0.39 is 0 Å². The Morgan fingerprint density at radius 1 is 0.806 bits per heavy atom. The first-order valence-electron chi connectivity index (χ1n) is 10.5. The first-order chi connectivity index (χ1) is 15.1. The van der Waals surface area contributed by atoms with Crippen molar-refractivity contribution < 1.29 is 8.83 Å². The smallest absolute Gasteiger partial charge is 0.135 e. The van der Waals surface area contributed by atoms with Crippen molar-refractivity contribution >= 4 is 46.2 Å². The number of rotatable bonds is 7. The summed E-state index contributed by atoms with van der Waals surface area (Å²) in [6.45, 7) is 12.3. The molecule has 0 aliphatic rings. The zero-order chi connectivity index (χ0) is 22.0. The van der Waals surface area contributed by atoms with Crippen molar-refractivity contribution in [1.82, 2.24) is 0 Å². The highest BCUT2D eigenvalue weighted by Gasteiger charge is 2.18. The van der Waals surface area contributed by atoms with Gasteiger partial charge in [-0.15, -0.1) is 0 Å². The summed E-state index contributed by atoms with van der Waals surface area (Å²) in [6, 6.07) is 12.6. The maximum atomic E-state index is 6.27. The van der Waals surface area contributed by atoms with Gasteiger partial charge in [0.15, 0.2) is 0 Å². The van der Waals surface area contributed by atoms with Crippen molar-refractivity contribution in [2.45, 2.75) is 19.8 Å². The van der Waals surface area contributed by atoms with Gasteiger partial charge in [0.2, 0.25) is 0 Å². The number of fused-ring (bicyclic) bond motifs is 2. The lowest BCUT2D eigenvalue weighted by atomic mass is 9.89. The molecule has 0 amide bonds. The highest BCUT2D eigenvalue weighted by Crippen LogP contribution is 2.35. The van der Waals surface area contributed by atoms with Crippen LogP contribution in [0.5, 0.6) is 0 Å². The SMILES string of the molecule is C=Cc1oc2ccc(C(CN)c3ccc4oc(C=C)c(/C=C\C)c4c3)cc2c1/C=C\C. The molecular formula is C28H27NO2. The normalized spacial score (nSPS) is 12.1. The van der Waals surface area contributed by atoms with E-state index in [1.54, 1.807) is 12.2 Å². The first-order valence-corrected chi connectivity index (χ1v) is 10.5. The average Bonchev–Trinajstić information content (AvgIpc) is 3.32. The quantitative estimate of drug-likeness (QED) is 0.341. The van der Waals surface area contributed by atoms with E-state index in [2.05, 4.69) is 49.6 Å². The largest absolute Gasteiger partial charge is 0.456 e. The second-order valence-corrected chi connectivity index (χ2v) is 7.47. The number of furan rings is 2. The minimum atomic E-state index is 0.0508. The molecule has 0 saturated heterocycles. The Labute approximate surface area is 182 Å². The molecule has 0 bridgehead atoms. The van der Waals surface area contributed by atoms with Gasteiger partial charge in [-0.3, -0.25) is 0 Å². The van der Waals surface area contributed by atoms with Gasteiger partial charge in [-0.2, -0.15) is 0 Å². The molecule has 31 heavy (non-hydrogen) atoms. The van der Waals surface area contributed by atoms with Crippen LogP contribution in [0, 0.1) is 0 Å². The Kier molecular flexibility index (Phi) is 5.79. The van der Waals surface area contributed by atoms with Gasteiger partial charge in [0, 0.05) is 34.4 Å². The Morgan fingerprint density at radius 3 is 1.61 bits per heavy atom. The Hall–Kier alpha value is -3.56. The van der Waals surface area contributed by atoms with Crippen molar-refractivity contribution in [2.24, 2.45) is 5.73 Å². The van der Waals surface area contributed by atoms with E-state index in [-0.39, 0.29) is 5.92 Å². The zero-order valence-corrected chi connectivity index (χ0v) is 18.0. The van der Waals surface area contributed by atoms with Crippen molar-refractivity contribution in [3.05, 3.63) is 95.5 Å². The van der Waals surface area contributed by atoms with Crippen molar-refractivity contribution in [3.8, 4) is 0 Å². The van der Waals surface area contributed by atoms with Crippen LogP contribution in [-0.2, 0) is 0 Å². The van der Waals surface area contributed by atoms with Crippen LogP contribution in [0.1, 0.15) is 53.5 Å². The van der Waals surface area contributed by atoms with Crippen LogP contribution in [0.25, 0.3) is 46.2 Å². The van der Waals surface area contributed by atoms with E-state index >= 15 is 0 Å². The van der Waals surface area contributed by atoms with Gasteiger partial charge in [-0.1, -0.05) is 49.6 Å². The monoisotopic (exact) mass is 409 g/mol. The fourth-order valence-corrected chi connectivity index (χ4v) is 4.19. The second-order valence-electron chi connectivity index (χ2n) is 7.47. The Bertz CT molecular complexity index is 1230. The summed E-state index contributed by atoms with van der Waals surface area (Å²) in [4.78, 5) is 0. The third-order valence-corrected chi connectivity index (χ3v) is 5.64.